The van der Waals surface area contributed by atoms with E-state index in [0.717, 1.165) is 17.8 Å². The molecular weight excluding hydrogens is 747 g/mol. The van der Waals surface area contributed by atoms with E-state index in [1.54, 1.807) is 5.56 Å². The van der Waals surface area contributed by atoms with Crippen LogP contribution in [0.15, 0.2) is 188 Å². The number of benzene rings is 8. The largest absolute Gasteiger partial charge is 0.310 e. The van der Waals surface area contributed by atoms with E-state index < -0.39 is 5.41 Å². The van der Waals surface area contributed by atoms with E-state index in [-0.39, 0.29) is 10.8 Å². The Hall–Kier alpha value is -6.18. The first-order chi connectivity index (χ1) is 30.3. The van der Waals surface area contributed by atoms with Crippen LogP contribution in [0, 0.1) is 17.8 Å². The van der Waals surface area contributed by atoms with Crippen LogP contribution in [0.25, 0.3) is 33.0 Å². The van der Waals surface area contributed by atoms with Crippen LogP contribution < -0.4 is 4.90 Å². The topological polar surface area (TPSA) is 3.24 Å². The summed E-state index contributed by atoms with van der Waals surface area (Å²) in [6.45, 7) is 7.08. The van der Waals surface area contributed by atoms with Gasteiger partial charge in [0.05, 0.1) is 11.1 Å². The quantitative estimate of drug-likeness (QED) is 0.155. The fourth-order valence-electron chi connectivity index (χ4n) is 13.5. The van der Waals surface area contributed by atoms with E-state index in [1.807, 2.05) is 0 Å². The van der Waals surface area contributed by atoms with Crippen molar-refractivity contribution < 1.29 is 0 Å². The summed E-state index contributed by atoms with van der Waals surface area (Å²) < 4.78 is 0. The zero-order valence-electron chi connectivity index (χ0n) is 36.3. The molecule has 4 bridgehead atoms. The first-order valence-electron chi connectivity index (χ1n) is 23.2. The predicted octanol–water partition coefficient (Wildman–Crippen LogP) is 16.1. The highest BCUT2D eigenvalue weighted by atomic mass is 15.1. The molecule has 1 heteroatoms. The molecule has 4 fully saturated rings. The minimum Gasteiger partial charge on any atom is -0.310 e. The van der Waals surface area contributed by atoms with E-state index in [4.69, 9.17) is 0 Å². The summed E-state index contributed by atoms with van der Waals surface area (Å²) in [4.78, 5) is 2.71. The van der Waals surface area contributed by atoms with Gasteiger partial charge < -0.3 is 4.90 Å². The zero-order valence-corrected chi connectivity index (χ0v) is 36.3. The predicted molar refractivity (Wildman–Crippen MR) is 260 cm³/mol. The Balaban J connectivity index is 1.18. The summed E-state index contributed by atoms with van der Waals surface area (Å²) in [7, 11) is 0. The number of anilines is 3. The van der Waals surface area contributed by atoms with Crippen LogP contribution in [0.4, 0.5) is 17.1 Å². The molecule has 1 nitrogen and oxygen atoms in total. The lowest BCUT2D eigenvalue weighted by Crippen LogP contribution is -2.48. The molecule has 304 valence electrons. The van der Waals surface area contributed by atoms with Crippen molar-refractivity contribution in [1.29, 1.82) is 0 Å². The number of para-hydroxylation sites is 1. The minimum absolute atomic E-state index is 0.0498. The lowest BCUT2D eigenvalue weighted by molar-refractivity contribution is -0.00491. The Morgan fingerprint density at radius 2 is 0.935 bits per heavy atom. The first kappa shape index (κ1) is 37.6. The summed E-state index contributed by atoms with van der Waals surface area (Å²) >= 11 is 0. The highest BCUT2D eigenvalue weighted by Gasteiger charge is 2.53. The zero-order chi connectivity index (χ0) is 41.6. The lowest BCUT2D eigenvalue weighted by atomic mass is 9.48. The Morgan fingerprint density at radius 1 is 0.419 bits per heavy atom. The van der Waals surface area contributed by atoms with Gasteiger partial charge in [0.1, 0.15) is 0 Å². The van der Waals surface area contributed by atoms with Crippen molar-refractivity contribution in [2.75, 3.05) is 4.90 Å². The van der Waals surface area contributed by atoms with Gasteiger partial charge in [-0.1, -0.05) is 178 Å². The Labute approximate surface area is 368 Å². The number of rotatable bonds is 7. The van der Waals surface area contributed by atoms with Gasteiger partial charge >= 0.3 is 0 Å². The number of hydrogen-bond donors (Lipinski definition) is 0. The van der Waals surface area contributed by atoms with Gasteiger partial charge in [0, 0.05) is 16.9 Å². The molecule has 0 saturated heterocycles. The van der Waals surface area contributed by atoms with E-state index in [0.29, 0.717) is 0 Å². The van der Waals surface area contributed by atoms with Crippen molar-refractivity contribution >= 4 is 27.8 Å². The second-order valence-electron chi connectivity index (χ2n) is 20.3. The minimum atomic E-state index is -0.499. The van der Waals surface area contributed by atoms with Gasteiger partial charge in [-0.05, 0) is 158 Å². The summed E-state index contributed by atoms with van der Waals surface area (Å²) in [5.41, 5.74) is 16.8. The van der Waals surface area contributed by atoms with E-state index >= 15 is 0 Å². The summed E-state index contributed by atoms with van der Waals surface area (Å²) in [5.74, 6) is 2.52. The van der Waals surface area contributed by atoms with Crippen LogP contribution in [-0.2, 0) is 16.2 Å². The third-order valence-corrected chi connectivity index (χ3v) is 15.6. The molecule has 4 saturated carbocycles. The van der Waals surface area contributed by atoms with Crippen LogP contribution in [0.1, 0.15) is 92.7 Å². The maximum absolute atomic E-state index is 2.71. The van der Waals surface area contributed by atoms with Gasteiger partial charge in [-0.2, -0.15) is 0 Å². The van der Waals surface area contributed by atoms with Gasteiger partial charge in [-0.15, -0.1) is 0 Å². The Kier molecular flexibility index (Phi) is 8.59. The molecule has 0 radical (unpaired) electrons. The molecule has 0 heterocycles. The molecule has 5 aliphatic carbocycles. The van der Waals surface area contributed by atoms with Gasteiger partial charge in [0.25, 0.3) is 0 Å². The van der Waals surface area contributed by atoms with Gasteiger partial charge in [0.15, 0.2) is 0 Å². The molecule has 0 aromatic heterocycles. The van der Waals surface area contributed by atoms with E-state index in [9.17, 15) is 0 Å². The van der Waals surface area contributed by atoms with Gasteiger partial charge in [-0.25, -0.2) is 0 Å². The molecule has 0 spiro atoms. The smallest absolute Gasteiger partial charge is 0.0714 e. The maximum atomic E-state index is 2.71. The number of hydrogen-bond acceptors (Lipinski definition) is 1. The number of fused-ring (bicyclic) bond motifs is 4. The standard InChI is InChI=1S/C61H55N/c1-59(2,3)53-26-14-12-25-50(53)52-35-44-18-10-11-19-45(44)36-58(52)62(57-29-17-16-28-55(57)60-38-41-32-42(39-60)34-43(33-41)40-60)48-30-31-51-49-24-13-15-27-54(49)61(56(51)37-48,46-20-6-4-7-21-46)47-22-8-5-9-23-47/h4-31,35-37,41-43H,32-34,38-40H2,1-3H3. The fraction of sp³-hybridized carbons (Fsp3) is 0.246. The molecule has 62 heavy (non-hydrogen) atoms. The highest BCUT2D eigenvalue weighted by molar-refractivity contribution is 6.00. The van der Waals surface area contributed by atoms with E-state index in [2.05, 4.69) is 214 Å². The molecule has 5 aliphatic rings. The summed E-state index contributed by atoms with van der Waals surface area (Å²) in [6, 6.07) is 71.9. The third-order valence-electron chi connectivity index (χ3n) is 15.6. The molecule has 8 aromatic rings. The second kappa shape index (κ2) is 14.2. The average molecular weight is 802 g/mol. The van der Waals surface area contributed by atoms with Crippen molar-refractivity contribution in [3.05, 3.63) is 221 Å². The first-order valence-corrected chi connectivity index (χ1v) is 23.2. The van der Waals surface area contributed by atoms with E-state index in [1.165, 1.54) is 116 Å². The molecule has 13 rings (SSSR count). The van der Waals surface area contributed by atoms with Crippen molar-refractivity contribution in [3.63, 3.8) is 0 Å². The van der Waals surface area contributed by atoms with Crippen molar-refractivity contribution in [3.8, 4) is 22.3 Å². The Morgan fingerprint density at radius 3 is 1.58 bits per heavy atom. The second-order valence-corrected chi connectivity index (χ2v) is 20.3. The van der Waals surface area contributed by atoms with Crippen molar-refractivity contribution in [2.45, 2.75) is 75.5 Å². The lowest BCUT2D eigenvalue weighted by Gasteiger charge is -2.57. The normalized spacial score (nSPS) is 21.8. The molecule has 0 N–H and O–H groups in total. The van der Waals surface area contributed by atoms with Crippen LogP contribution in [0.2, 0.25) is 0 Å². The molecule has 8 aromatic carbocycles. The third kappa shape index (κ3) is 5.73. The fourth-order valence-corrected chi connectivity index (χ4v) is 13.5. The maximum Gasteiger partial charge on any atom is 0.0714 e. The highest BCUT2D eigenvalue weighted by Crippen LogP contribution is 2.63. The van der Waals surface area contributed by atoms with Crippen molar-refractivity contribution in [1.82, 2.24) is 0 Å². The SMILES string of the molecule is CC(C)(C)c1ccccc1-c1cc2ccccc2cc1N(c1ccc2c(c1)C(c1ccccc1)(c1ccccc1)c1ccccc1-2)c1ccccc1C12CC3CC(CC(C3)C1)C2. The molecule has 0 aliphatic heterocycles. The average Bonchev–Trinajstić information content (AvgIpc) is 3.59. The Bertz CT molecular complexity index is 2910. The van der Waals surface area contributed by atoms with Crippen LogP contribution in [0.3, 0.4) is 0 Å². The molecule has 0 unspecified atom stereocenters. The monoisotopic (exact) mass is 801 g/mol. The van der Waals surface area contributed by atoms with Gasteiger partial charge in [0.2, 0.25) is 0 Å². The number of nitrogens with zero attached hydrogens (tertiary/aromatic N) is 1. The van der Waals surface area contributed by atoms with Crippen LogP contribution >= 0.6 is 0 Å². The van der Waals surface area contributed by atoms with Gasteiger partial charge in [-0.3, -0.25) is 0 Å². The summed E-state index contributed by atoms with van der Waals surface area (Å²) in [5, 5.41) is 2.52. The summed E-state index contributed by atoms with van der Waals surface area (Å²) in [6.07, 6.45) is 8.21. The van der Waals surface area contributed by atoms with Crippen LogP contribution in [-0.4, -0.2) is 0 Å². The molecule has 0 amide bonds. The molecular formula is C61H55N. The van der Waals surface area contributed by atoms with Crippen LogP contribution in [0.5, 0.6) is 0 Å². The van der Waals surface area contributed by atoms with Crippen molar-refractivity contribution in [2.24, 2.45) is 17.8 Å². The molecule has 0 atom stereocenters.